The molecule has 1 fully saturated rings. The Bertz CT molecular complexity index is 971. The van der Waals surface area contributed by atoms with Gasteiger partial charge in [0.1, 0.15) is 0 Å². The number of hydrogen-bond acceptors (Lipinski definition) is 5. The van der Waals surface area contributed by atoms with E-state index in [9.17, 15) is 26.4 Å². The van der Waals surface area contributed by atoms with Crippen LogP contribution in [0.25, 0.3) is 0 Å². The van der Waals surface area contributed by atoms with Crippen LogP contribution in [0.5, 0.6) is 0 Å². The van der Waals surface area contributed by atoms with Crippen LogP contribution in [-0.4, -0.2) is 46.7 Å². The predicted octanol–water partition coefficient (Wildman–Crippen LogP) is 2.58. The molecule has 164 valence electrons. The Balaban J connectivity index is 1.65. The Morgan fingerprint density at radius 3 is 2.63 bits per heavy atom. The molecule has 1 aromatic rings. The van der Waals surface area contributed by atoms with Crippen molar-refractivity contribution >= 4 is 15.7 Å². The first-order valence-corrected chi connectivity index (χ1v) is 10.9. The summed E-state index contributed by atoms with van der Waals surface area (Å²) in [5.74, 6) is -0.151. The molecule has 0 aromatic heterocycles. The van der Waals surface area contributed by atoms with Crippen LogP contribution in [0.4, 0.5) is 13.2 Å². The summed E-state index contributed by atoms with van der Waals surface area (Å²) in [5.41, 5.74) is -0.164. The number of methoxy groups -OCH3 is 1. The number of rotatable bonds is 6. The second kappa shape index (κ2) is 8.91. The molecule has 2 aliphatic rings. The van der Waals surface area contributed by atoms with E-state index in [0.717, 1.165) is 23.8 Å². The van der Waals surface area contributed by atoms with Gasteiger partial charge in [0, 0.05) is 25.1 Å². The van der Waals surface area contributed by atoms with E-state index in [0.29, 0.717) is 25.5 Å². The number of halogens is 3. The minimum atomic E-state index is -4.62. The molecule has 10 heteroatoms. The minimum Gasteiger partial charge on any atom is -0.380 e. The highest BCUT2D eigenvalue weighted by molar-refractivity contribution is 7.95. The molecule has 1 aliphatic heterocycles. The molecular weight excluding hydrogens is 421 g/mol. The first-order valence-electron chi connectivity index (χ1n) is 9.46. The maximum atomic E-state index is 12.9. The lowest BCUT2D eigenvalue weighted by molar-refractivity contribution is -0.137. The summed E-state index contributed by atoms with van der Waals surface area (Å²) in [4.78, 5) is 11.9. The molecule has 1 heterocycles. The molecule has 2 atom stereocenters. The van der Waals surface area contributed by atoms with Crippen LogP contribution in [0.1, 0.15) is 24.8 Å². The van der Waals surface area contributed by atoms with Crippen molar-refractivity contribution in [2.45, 2.75) is 42.5 Å². The fraction of sp³-hybridized carbons (Fsp3) is 0.450. The van der Waals surface area contributed by atoms with E-state index >= 15 is 0 Å². The van der Waals surface area contributed by atoms with Crippen LogP contribution in [-0.2, 0) is 25.5 Å². The average Bonchev–Trinajstić information content (AvgIpc) is 3.21. The number of carbonyl (C=O) groups excluding carboxylic acids is 1. The van der Waals surface area contributed by atoms with E-state index in [-0.39, 0.29) is 40.8 Å². The number of carbonyl (C=O) groups is 1. The van der Waals surface area contributed by atoms with Crippen molar-refractivity contribution < 1.29 is 31.1 Å². The van der Waals surface area contributed by atoms with Crippen molar-refractivity contribution in [3.05, 3.63) is 52.5 Å². The van der Waals surface area contributed by atoms with Gasteiger partial charge >= 0.3 is 6.18 Å². The van der Waals surface area contributed by atoms with Gasteiger partial charge in [-0.25, -0.2) is 8.42 Å². The van der Waals surface area contributed by atoms with E-state index in [1.54, 1.807) is 13.2 Å². The highest BCUT2D eigenvalue weighted by Gasteiger charge is 2.33. The second-order valence-electron chi connectivity index (χ2n) is 7.26. The second-order valence-corrected chi connectivity index (χ2v) is 9.26. The van der Waals surface area contributed by atoms with Crippen molar-refractivity contribution in [2.75, 3.05) is 20.2 Å². The normalized spacial score (nSPS) is 22.4. The Morgan fingerprint density at radius 1 is 1.27 bits per heavy atom. The van der Waals surface area contributed by atoms with Gasteiger partial charge in [-0.05, 0) is 43.5 Å². The van der Waals surface area contributed by atoms with Crippen molar-refractivity contribution in [3.8, 4) is 0 Å². The SMILES string of the molecule is CO[C@H]1CN[C@@H](C(=O)NCC2=CC=C(S(=O)(=O)c3cccc(C(F)(F)F)c3)CC2)C1. The largest absolute Gasteiger partial charge is 0.416 e. The molecule has 1 aliphatic carbocycles. The summed E-state index contributed by atoms with van der Waals surface area (Å²) < 4.78 is 69.3. The minimum absolute atomic E-state index is 0.00110. The molecule has 1 amide bonds. The lowest BCUT2D eigenvalue weighted by Crippen LogP contribution is -2.41. The monoisotopic (exact) mass is 444 g/mol. The molecule has 30 heavy (non-hydrogen) atoms. The number of hydrogen-bond donors (Lipinski definition) is 2. The quantitative estimate of drug-likeness (QED) is 0.705. The number of allylic oxidation sites excluding steroid dienone is 3. The third-order valence-corrected chi connectivity index (χ3v) is 7.15. The molecule has 2 N–H and O–H groups in total. The maximum Gasteiger partial charge on any atom is 0.416 e. The fourth-order valence-corrected chi connectivity index (χ4v) is 4.89. The van der Waals surface area contributed by atoms with Gasteiger partial charge < -0.3 is 15.4 Å². The molecule has 1 aromatic carbocycles. The predicted molar refractivity (Wildman–Crippen MR) is 104 cm³/mol. The highest BCUT2D eigenvalue weighted by Crippen LogP contribution is 2.33. The van der Waals surface area contributed by atoms with Gasteiger partial charge in [0.25, 0.3) is 0 Å². The first kappa shape index (κ1) is 22.5. The van der Waals surface area contributed by atoms with E-state index in [1.807, 2.05) is 0 Å². The van der Waals surface area contributed by atoms with Crippen LogP contribution < -0.4 is 10.6 Å². The van der Waals surface area contributed by atoms with Crippen molar-refractivity contribution in [1.29, 1.82) is 0 Å². The summed E-state index contributed by atoms with van der Waals surface area (Å²) in [5, 5.41) is 5.90. The van der Waals surface area contributed by atoms with Crippen LogP contribution in [0, 0.1) is 0 Å². The number of sulfone groups is 1. The Morgan fingerprint density at radius 2 is 2.03 bits per heavy atom. The molecule has 0 saturated carbocycles. The molecular formula is C20H23F3N2O4S. The molecule has 3 rings (SSSR count). The third kappa shape index (κ3) is 5.11. The summed E-state index contributed by atoms with van der Waals surface area (Å²) in [6, 6.07) is 3.40. The number of amides is 1. The zero-order chi connectivity index (χ0) is 21.9. The van der Waals surface area contributed by atoms with Crippen molar-refractivity contribution in [3.63, 3.8) is 0 Å². The van der Waals surface area contributed by atoms with Gasteiger partial charge in [0.05, 0.1) is 22.6 Å². The smallest absolute Gasteiger partial charge is 0.380 e. The van der Waals surface area contributed by atoms with Gasteiger partial charge in [0.15, 0.2) is 0 Å². The van der Waals surface area contributed by atoms with E-state index in [4.69, 9.17) is 4.74 Å². The standard InChI is InChI=1S/C20H23F3N2O4S/c1-29-15-10-18(24-12-15)19(26)25-11-13-5-7-16(8-6-13)30(27,28)17-4-2-3-14(9-17)20(21,22)23/h2-5,7,9,15,18,24H,6,8,10-12H2,1H3,(H,25,26)/t15-,18-/m1/s1. The molecule has 0 radical (unpaired) electrons. The first-order chi connectivity index (χ1) is 14.1. The molecule has 6 nitrogen and oxygen atoms in total. The zero-order valence-electron chi connectivity index (χ0n) is 16.3. The van der Waals surface area contributed by atoms with Gasteiger partial charge in [-0.2, -0.15) is 13.2 Å². The molecule has 0 bridgehead atoms. The van der Waals surface area contributed by atoms with Gasteiger partial charge in [-0.3, -0.25) is 4.79 Å². The molecule has 0 spiro atoms. The van der Waals surface area contributed by atoms with Crippen molar-refractivity contribution in [2.24, 2.45) is 0 Å². The number of benzene rings is 1. The Labute approximate surface area is 173 Å². The van der Waals surface area contributed by atoms with Crippen LogP contribution in [0.3, 0.4) is 0 Å². The molecule has 1 saturated heterocycles. The lowest BCUT2D eigenvalue weighted by atomic mass is 10.0. The van der Waals surface area contributed by atoms with Crippen LogP contribution >= 0.6 is 0 Å². The van der Waals surface area contributed by atoms with Gasteiger partial charge in [0.2, 0.25) is 15.7 Å². The Kier molecular flexibility index (Phi) is 6.68. The maximum absolute atomic E-state index is 12.9. The van der Waals surface area contributed by atoms with Gasteiger partial charge in [-0.1, -0.05) is 17.7 Å². The van der Waals surface area contributed by atoms with Crippen LogP contribution in [0.2, 0.25) is 0 Å². The Hall–Kier alpha value is -2.17. The summed E-state index contributed by atoms with van der Waals surface area (Å²) in [7, 11) is -2.42. The van der Waals surface area contributed by atoms with Crippen molar-refractivity contribution in [1.82, 2.24) is 10.6 Å². The zero-order valence-corrected chi connectivity index (χ0v) is 17.1. The van der Waals surface area contributed by atoms with E-state index in [1.165, 1.54) is 6.08 Å². The summed E-state index contributed by atoms with van der Waals surface area (Å²) >= 11 is 0. The van der Waals surface area contributed by atoms with Crippen LogP contribution in [0.15, 0.2) is 51.8 Å². The highest BCUT2D eigenvalue weighted by atomic mass is 32.2. The van der Waals surface area contributed by atoms with E-state index < -0.39 is 21.6 Å². The number of alkyl halides is 3. The summed E-state index contributed by atoms with van der Waals surface area (Å²) in [6.45, 7) is 0.888. The topological polar surface area (TPSA) is 84.5 Å². The number of nitrogens with one attached hydrogen (secondary N) is 2. The van der Waals surface area contributed by atoms with Gasteiger partial charge in [-0.15, -0.1) is 0 Å². The summed E-state index contributed by atoms with van der Waals surface area (Å²) in [6.07, 6.45) is -0.479. The fourth-order valence-electron chi connectivity index (χ4n) is 3.43. The average molecular weight is 444 g/mol. The third-order valence-electron chi connectivity index (χ3n) is 5.24. The number of ether oxygens (including phenoxy) is 1. The van der Waals surface area contributed by atoms with E-state index in [2.05, 4.69) is 10.6 Å². The molecule has 0 unspecified atom stereocenters. The lowest BCUT2D eigenvalue weighted by Gasteiger charge is -2.17.